The van der Waals surface area contributed by atoms with Crippen molar-refractivity contribution in [1.82, 2.24) is 15.0 Å². The van der Waals surface area contributed by atoms with Gasteiger partial charge in [0.25, 0.3) is 0 Å². The van der Waals surface area contributed by atoms with Crippen LogP contribution in [0.25, 0.3) is 16.7 Å². The van der Waals surface area contributed by atoms with Gasteiger partial charge in [-0.3, -0.25) is 0 Å². The van der Waals surface area contributed by atoms with Crippen molar-refractivity contribution >= 4 is 11.0 Å². The van der Waals surface area contributed by atoms with E-state index in [1.165, 1.54) is 4.80 Å². The molecule has 0 fully saturated rings. The summed E-state index contributed by atoms with van der Waals surface area (Å²) in [6.07, 6.45) is 0. The molecule has 0 amide bonds. The number of para-hydroxylation sites is 2. The molecular formula is C17H23N3O. The van der Waals surface area contributed by atoms with E-state index in [4.69, 9.17) is 0 Å². The van der Waals surface area contributed by atoms with Crippen molar-refractivity contribution in [2.45, 2.75) is 34.6 Å². The molecule has 4 heteroatoms. The number of aromatic hydroxyl groups is 1. The van der Waals surface area contributed by atoms with Gasteiger partial charge in [0.2, 0.25) is 0 Å². The first-order chi connectivity index (χ1) is 10.2. The zero-order valence-electron chi connectivity index (χ0n) is 13.3. The van der Waals surface area contributed by atoms with Crippen molar-refractivity contribution in [3.8, 4) is 11.4 Å². The van der Waals surface area contributed by atoms with Gasteiger partial charge in [0, 0.05) is 0 Å². The molecule has 0 atom stereocenters. The summed E-state index contributed by atoms with van der Waals surface area (Å²) in [5.41, 5.74) is 3.37. The quantitative estimate of drug-likeness (QED) is 0.717. The SMILES string of the molecule is CC.CC.Cc1ccc2nn(-c3ccccc3O)nc2c1. The summed E-state index contributed by atoms with van der Waals surface area (Å²) in [6, 6.07) is 12.9. The van der Waals surface area contributed by atoms with Crippen molar-refractivity contribution in [2.75, 3.05) is 0 Å². The molecule has 0 spiro atoms. The Morgan fingerprint density at radius 1 is 0.857 bits per heavy atom. The van der Waals surface area contributed by atoms with E-state index in [1.807, 2.05) is 58.9 Å². The Labute approximate surface area is 126 Å². The molecule has 0 aliphatic rings. The third-order valence-electron chi connectivity index (χ3n) is 2.63. The second-order valence-corrected chi connectivity index (χ2v) is 3.97. The number of fused-ring (bicyclic) bond motifs is 1. The Morgan fingerprint density at radius 2 is 1.48 bits per heavy atom. The molecule has 2 aromatic carbocycles. The molecule has 1 N–H and O–H groups in total. The lowest BCUT2D eigenvalue weighted by atomic mass is 10.2. The number of rotatable bonds is 1. The monoisotopic (exact) mass is 285 g/mol. The van der Waals surface area contributed by atoms with Crippen LogP contribution in [0, 0.1) is 6.92 Å². The minimum absolute atomic E-state index is 0.171. The van der Waals surface area contributed by atoms with E-state index in [2.05, 4.69) is 10.2 Å². The Hall–Kier alpha value is -2.36. The van der Waals surface area contributed by atoms with Crippen LogP contribution in [-0.4, -0.2) is 20.1 Å². The third-order valence-corrected chi connectivity index (χ3v) is 2.63. The minimum Gasteiger partial charge on any atom is -0.506 e. The highest BCUT2D eigenvalue weighted by Crippen LogP contribution is 2.20. The van der Waals surface area contributed by atoms with Crippen LogP contribution in [-0.2, 0) is 0 Å². The second kappa shape index (κ2) is 8.04. The number of phenolic OH excluding ortho intramolecular Hbond substituents is 1. The average molecular weight is 285 g/mol. The van der Waals surface area contributed by atoms with Crippen molar-refractivity contribution < 1.29 is 5.11 Å². The van der Waals surface area contributed by atoms with E-state index in [1.54, 1.807) is 18.2 Å². The van der Waals surface area contributed by atoms with Crippen molar-refractivity contribution in [3.05, 3.63) is 48.0 Å². The summed E-state index contributed by atoms with van der Waals surface area (Å²) in [4.78, 5) is 1.46. The molecule has 1 heterocycles. The Morgan fingerprint density at radius 3 is 2.14 bits per heavy atom. The number of aromatic nitrogens is 3. The summed E-state index contributed by atoms with van der Waals surface area (Å²) >= 11 is 0. The van der Waals surface area contributed by atoms with Gasteiger partial charge in [0.05, 0.1) is 0 Å². The molecule has 0 bridgehead atoms. The van der Waals surface area contributed by atoms with E-state index in [-0.39, 0.29) is 5.75 Å². The highest BCUT2D eigenvalue weighted by atomic mass is 16.3. The maximum Gasteiger partial charge on any atom is 0.143 e. The van der Waals surface area contributed by atoms with E-state index < -0.39 is 0 Å². The second-order valence-electron chi connectivity index (χ2n) is 3.97. The van der Waals surface area contributed by atoms with Crippen LogP contribution >= 0.6 is 0 Å². The van der Waals surface area contributed by atoms with E-state index in [0.29, 0.717) is 5.69 Å². The molecular weight excluding hydrogens is 262 g/mol. The Kier molecular flexibility index (Phi) is 6.40. The lowest BCUT2D eigenvalue weighted by Crippen LogP contribution is -1.98. The highest BCUT2D eigenvalue weighted by Gasteiger charge is 2.07. The van der Waals surface area contributed by atoms with Gasteiger partial charge in [0.1, 0.15) is 22.5 Å². The van der Waals surface area contributed by atoms with Crippen molar-refractivity contribution in [1.29, 1.82) is 0 Å². The van der Waals surface area contributed by atoms with E-state index in [0.717, 1.165) is 16.6 Å². The lowest BCUT2D eigenvalue weighted by molar-refractivity contribution is 0.468. The van der Waals surface area contributed by atoms with Crippen molar-refractivity contribution in [3.63, 3.8) is 0 Å². The summed E-state index contributed by atoms with van der Waals surface area (Å²) in [5, 5.41) is 18.4. The van der Waals surface area contributed by atoms with Gasteiger partial charge in [-0.15, -0.1) is 15.0 Å². The summed E-state index contributed by atoms with van der Waals surface area (Å²) in [6.45, 7) is 10.0. The molecule has 0 saturated carbocycles. The molecule has 0 unspecified atom stereocenters. The highest BCUT2D eigenvalue weighted by molar-refractivity contribution is 5.74. The van der Waals surface area contributed by atoms with Crippen LogP contribution in [0.4, 0.5) is 0 Å². The topological polar surface area (TPSA) is 50.9 Å². The van der Waals surface area contributed by atoms with Crippen LogP contribution in [0.5, 0.6) is 5.75 Å². The van der Waals surface area contributed by atoms with Crippen molar-refractivity contribution in [2.24, 2.45) is 0 Å². The molecule has 0 aliphatic carbocycles. The fourth-order valence-electron chi connectivity index (χ4n) is 1.77. The van der Waals surface area contributed by atoms with E-state index in [9.17, 15) is 5.11 Å². The molecule has 0 saturated heterocycles. The number of hydrogen-bond acceptors (Lipinski definition) is 3. The molecule has 1 aromatic heterocycles. The fraction of sp³-hybridized carbons (Fsp3) is 0.294. The van der Waals surface area contributed by atoms with Gasteiger partial charge in [0.15, 0.2) is 0 Å². The standard InChI is InChI=1S/C13H11N3O.2C2H6/c1-9-6-7-10-11(8-9)15-16(14-10)12-4-2-3-5-13(12)17;2*1-2/h2-8,17H,1H3;2*1-2H3. The van der Waals surface area contributed by atoms with Gasteiger partial charge in [-0.2, -0.15) is 0 Å². The van der Waals surface area contributed by atoms with Gasteiger partial charge in [-0.25, -0.2) is 0 Å². The smallest absolute Gasteiger partial charge is 0.143 e. The number of benzene rings is 2. The largest absolute Gasteiger partial charge is 0.506 e. The number of phenols is 1. The van der Waals surface area contributed by atoms with Crippen LogP contribution in [0.3, 0.4) is 0 Å². The predicted octanol–water partition coefficient (Wildman–Crippen LogP) is 4.49. The zero-order valence-corrected chi connectivity index (χ0v) is 13.3. The zero-order chi connectivity index (χ0) is 15.8. The van der Waals surface area contributed by atoms with Crippen LogP contribution in [0.2, 0.25) is 0 Å². The van der Waals surface area contributed by atoms with Gasteiger partial charge in [-0.05, 0) is 36.8 Å². The number of nitrogens with zero attached hydrogens (tertiary/aromatic N) is 3. The first-order valence-electron chi connectivity index (χ1n) is 7.36. The minimum atomic E-state index is 0.171. The maximum absolute atomic E-state index is 9.74. The molecule has 3 rings (SSSR count). The average Bonchev–Trinajstić information content (AvgIpc) is 2.94. The predicted molar refractivity (Wildman–Crippen MR) is 88.0 cm³/mol. The van der Waals surface area contributed by atoms with Crippen LogP contribution < -0.4 is 0 Å². The molecule has 0 aliphatic heterocycles. The molecule has 112 valence electrons. The summed E-state index contributed by atoms with van der Waals surface area (Å²) < 4.78 is 0. The molecule has 3 aromatic rings. The fourth-order valence-corrected chi connectivity index (χ4v) is 1.77. The lowest BCUT2D eigenvalue weighted by Gasteiger charge is -2.00. The Balaban J connectivity index is 0.000000510. The maximum atomic E-state index is 9.74. The van der Waals surface area contributed by atoms with Gasteiger partial charge in [-0.1, -0.05) is 45.9 Å². The molecule has 21 heavy (non-hydrogen) atoms. The number of aryl methyl sites for hydroxylation is 1. The number of hydrogen-bond donors (Lipinski definition) is 1. The van der Waals surface area contributed by atoms with E-state index >= 15 is 0 Å². The molecule has 4 nitrogen and oxygen atoms in total. The van der Waals surface area contributed by atoms with Gasteiger partial charge >= 0.3 is 0 Å². The van der Waals surface area contributed by atoms with Gasteiger partial charge < -0.3 is 5.11 Å². The van der Waals surface area contributed by atoms with Crippen LogP contribution in [0.1, 0.15) is 33.3 Å². The first kappa shape index (κ1) is 16.7. The normalized spacial score (nSPS) is 9.38. The summed E-state index contributed by atoms with van der Waals surface area (Å²) in [5.74, 6) is 0.171. The molecule has 0 radical (unpaired) electrons. The first-order valence-corrected chi connectivity index (χ1v) is 7.36. The van der Waals surface area contributed by atoms with Crippen LogP contribution in [0.15, 0.2) is 42.5 Å². The third kappa shape index (κ3) is 3.81. The summed E-state index contributed by atoms with van der Waals surface area (Å²) in [7, 11) is 0. The Bertz CT molecular complexity index is 689.